The summed E-state index contributed by atoms with van der Waals surface area (Å²) in [7, 11) is 0. The number of anilines is 1. The average molecular weight is 388 g/mol. The molecule has 2 aliphatic rings. The van der Waals surface area contributed by atoms with E-state index in [2.05, 4.69) is 20.1 Å². The van der Waals surface area contributed by atoms with Gasteiger partial charge in [0.15, 0.2) is 5.82 Å². The van der Waals surface area contributed by atoms with E-state index in [0.29, 0.717) is 24.5 Å². The summed E-state index contributed by atoms with van der Waals surface area (Å²) < 4.78 is 27.8. The third-order valence-corrected chi connectivity index (χ3v) is 6.02. The third-order valence-electron chi connectivity index (χ3n) is 6.02. The van der Waals surface area contributed by atoms with Crippen molar-refractivity contribution in [1.82, 2.24) is 15.2 Å². The van der Waals surface area contributed by atoms with Crippen molar-refractivity contribution >= 4 is 22.5 Å². The van der Waals surface area contributed by atoms with Gasteiger partial charge in [0.2, 0.25) is 5.91 Å². The van der Waals surface area contributed by atoms with Gasteiger partial charge in [-0.3, -0.25) is 14.7 Å². The summed E-state index contributed by atoms with van der Waals surface area (Å²) in [5, 5.41) is 3.66. The molecule has 1 aliphatic carbocycles. The van der Waals surface area contributed by atoms with Crippen LogP contribution in [0.2, 0.25) is 0 Å². The van der Waals surface area contributed by atoms with Crippen LogP contribution in [0.25, 0.3) is 10.9 Å². The van der Waals surface area contributed by atoms with Crippen molar-refractivity contribution in [3.05, 3.63) is 36.0 Å². The topological polar surface area (TPSA) is 48.5 Å². The molecule has 1 aliphatic heterocycles. The molecule has 1 saturated carbocycles. The number of halogens is 2. The largest absolute Gasteiger partial charge is 0.368 e. The van der Waals surface area contributed by atoms with Crippen molar-refractivity contribution in [2.24, 2.45) is 0 Å². The number of carbonyl (C=O) groups is 1. The van der Waals surface area contributed by atoms with E-state index in [-0.39, 0.29) is 17.5 Å². The van der Waals surface area contributed by atoms with E-state index >= 15 is 0 Å². The predicted octanol–water partition coefficient (Wildman–Crippen LogP) is 3.08. The minimum Gasteiger partial charge on any atom is -0.368 e. The highest BCUT2D eigenvalue weighted by Crippen LogP contribution is 2.29. The number of aromatic nitrogens is 1. The fourth-order valence-corrected chi connectivity index (χ4v) is 4.35. The van der Waals surface area contributed by atoms with E-state index in [1.54, 1.807) is 12.3 Å². The first kappa shape index (κ1) is 19.1. The highest BCUT2D eigenvalue weighted by atomic mass is 19.1. The number of fused-ring (bicyclic) bond motifs is 1. The van der Waals surface area contributed by atoms with Crippen LogP contribution in [0.3, 0.4) is 0 Å². The maximum Gasteiger partial charge on any atom is 0.237 e. The third kappa shape index (κ3) is 3.81. The Morgan fingerprint density at radius 3 is 2.61 bits per heavy atom. The van der Waals surface area contributed by atoms with E-state index < -0.39 is 11.6 Å². The number of nitrogens with one attached hydrogen (secondary N) is 1. The van der Waals surface area contributed by atoms with Gasteiger partial charge in [-0.15, -0.1) is 0 Å². The van der Waals surface area contributed by atoms with Gasteiger partial charge in [0.05, 0.1) is 6.04 Å². The SMILES string of the molecule is CC(C(=O)NC1CCCC1)N1CCN(c2ccnc3c(F)cc(F)cc23)CC1. The number of amides is 1. The maximum atomic E-state index is 14.0. The van der Waals surface area contributed by atoms with E-state index in [0.717, 1.165) is 37.7 Å². The summed E-state index contributed by atoms with van der Waals surface area (Å²) in [6.45, 7) is 4.78. The molecule has 0 spiro atoms. The monoisotopic (exact) mass is 388 g/mol. The summed E-state index contributed by atoms with van der Waals surface area (Å²) in [6, 6.07) is 4.15. The number of hydrogen-bond acceptors (Lipinski definition) is 4. The van der Waals surface area contributed by atoms with Crippen molar-refractivity contribution in [2.75, 3.05) is 31.1 Å². The van der Waals surface area contributed by atoms with Crippen molar-refractivity contribution < 1.29 is 13.6 Å². The molecule has 28 heavy (non-hydrogen) atoms. The Morgan fingerprint density at radius 1 is 1.18 bits per heavy atom. The summed E-state index contributed by atoms with van der Waals surface area (Å²) >= 11 is 0. The second-order valence-corrected chi connectivity index (χ2v) is 7.80. The predicted molar refractivity (Wildman–Crippen MR) is 105 cm³/mol. The van der Waals surface area contributed by atoms with Crippen LogP contribution in [0.15, 0.2) is 24.4 Å². The van der Waals surface area contributed by atoms with E-state index in [9.17, 15) is 13.6 Å². The van der Waals surface area contributed by atoms with Gasteiger partial charge in [-0.1, -0.05) is 12.8 Å². The molecular formula is C21H26F2N4O. The van der Waals surface area contributed by atoms with Gasteiger partial charge in [0.25, 0.3) is 0 Å². The molecule has 1 aromatic carbocycles. The average Bonchev–Trinajstić information content (AvgIpc) is 3.20. The van der Waals surface area contributed by atoms with Gasteiger partial charge in [-0.05, 0) is 31.9 Å². The first-order valence-corrected chi connectivity index (χ1v) is 10.1. The quantitative estimate of drug-likeness (QED) is 0.875. The van der Waals surface area contributed by atoms with Gasteiger partial charge in [-0.2, -0.15) is 0 Å². The van der Waals surface area contributed by atoms with Crippen LogP contribution in [0.5, 0.6) is 0 Å². The normalized spacial score (nSPS) is 19.9. The highest BCUT2D eigenvalue weighted by molar-refractivity contribution is 5.92. The number of benzene rings is 1. The zero-order valence-corrected chi connectivity index (χ0v) is 16.1. The molecule has 150 valence electrons. The van der Waals surface area contributed by atoms with Crippen LogP contribution < -0.4 is 10.2 Å². The maximum absolute atomic E-state index is 14.0. The number of nitrogens with zero attached hydrogens (tertiary/aromatic N) is 3. The molecule has 1 N–H and O–H groups in total. The zero-order chi connectivity index (χ0) is 19.7. The first-order valence-electron chi connectivity index (χ1n) is 10.1. The van der Waals surface area contributed by atoms with Gasteiger partial charge in [-0.25, -0.2) is 8.78 Å². The van der Waals surface area contributed by atoms with E-state index in [4.69, 9.17) is 0 Å². The van der Waals surface area contributed by atoms with Crippen LogP contribution in [0.1, 0.15) is 32.6 Å². The lowest BCUT2D eigenvalue weighted by Gasteiger charge is -2.39. The number of pyridine rings is 1. The molecule has 1 saturated heterocycles. The second-order valence-electron chi connectivity index (χ2n) is 7.80. The molecule has 1 atom stereocenters. The van der Waals surface area contributed by atoms with Gasteiger partial charge in [0.1, 0.15) is 11.3 Å². The zero-order valence-electron chi connectivity index (χ0n) is 16.1. The molecule has 2 aromatic rings. The van der Waals surface area contributed by atoms with Crippen molar-refractivity contribution in [1.29, 1.82) is 0 Å². The molecule has 0 radical (unpaired) electrons. The Kier molecular flexibility index (Phi) is 5.44. The van der Waals surface area contributed by atoms with Crippen LogP contribution in [0, 0.1) is 11.6 Å². The lowest BCUT2D eigenvalue weighted by Crippen LogP contribution is -2.54. The minimum atomic E-state index is -0.646. The lowest BCUT2D eigenvalue weighted by molar-refractivity contribution is -0.126. The Hall–Kier alpha value is -2.28. The van der Waals surface area contributed by atoms with E-state index in [1.807, 2.05) is 6.92 Å². The highest BCUT2D eigenvalue weighted by Gasteiger charge is 2.28. The molecule has 7 heteroatoms. The van der Waals surface area contributed by atoms with Gasteiger partial charge < -0.3 is 10.2 Å². The molecule has 1 aromatic heterocycles. The lowest BCUT2D eigenvalue weighted by atomic mass is 10.1. The first-order chi connectivity index (χ1) is 13.5. The number of rotatable bonds is 4. The van der Waals surface area contributed by atoms with Crippen LogP contribution in [0.4, 0.5) is 14.5 Å². The second kappa shape index (κ2) is 7.99. The van der Waals surface area contributed by atoms with E-state index in [1.165, 1.54) is 18.9 Å². The van der Waals surface area contributed by atoms with Crippen LogP contribution in [-0.4, -0.2) is 54.1 Å². The summed E-state index contributed by atoms with van der Waals surface area (Å²) in [6.07, 6.45) is 6.10. The molecular weight excluding hydrogens is 362 g/mol. The number of hydrogen-bond donors (Lipinski definition) is 1. The Morgan fingerprint density at radius 2 is 1.89 bits per heavy atom. The molecule has 4 rings (SSSR count). The molecule has 1 amide bonds. The molecule has 2 heterocycles. The summed E-state index contributed by atoms with van der Waals surface area (Å²) in [5.74, 6) is -1.15. The molecule has 1 unspecified atom stereocenters. The van der Waals surface area contributed by atoms with Gasteiger partial charge in [0, 0.05) is 55.6 Å². The Balaban J connectivity index is 1.43. The number of piperazine rings is 1. The molecule has 0 bridgehead atoms. The van der Waals surface area contributed by atoms with Crippen molar-refractivity contribution in [3.63, 3.8) is 0 Å². The van der Waals surface area contributed by atoms with Crippen molar-refractivity contribution in [2.45, 2.75) is 44.7 Å². The fourth-order valence-electron chi connectivity index (χ4n) is 4.35. The fraction of sp³-hybridized carbons (Fsp3) is 0.524. The molecule has 5 nitrogen and oxygen atoms in total. The summed E-state index contributed by atoms with van der Waals surface area (Å²) in [5.41, 5.74) is 0.969. The smallest absolute Gasteiger partial charge is 0.237 e. The number of carbonyl (C=O) groups excluding carboxylic acids is 1. The summed E-state index contributed by atoms with van der Waals surface area (Å²) in [4.78, 5) is 20.9. The molecule has 2 fully saturated rings. The standard InChI is InChI=1S/C21H26F2N4O/c1-14(21(28)25-16-4-2-3-5-16)26-8-10-27(11-9-26)19-6-7-24-20-17(19)12-15(22)13-18(20)23/h6-7,12-14,16H,2-5,8-11H2,1H3,(H,25,28). The van der Waals surface area contributed by atoms with Crippen molar-refractivity contribution in [3.8, 4) is 0 Å². The Bertz CT molecular complexity index is 861. The Labute approximate surface area is 163 Å². The van der Waals surface area contributed by atoms with Crippen LogP contribution in [-0.2, 0) is 4.79 Å². The minimum absolute atomic E-state index is 0.0962. The van der Waals surface area contributed by atoms with Gasteiger partial charge >= 0.3 is 0 Å². The van der Waals surface area contributed by atoms with Crippen LogP contribution >= 0.6 is 0 Å².